The van der Waals surface area contributed by atoms with E-state index < -0.39 is 0 Å². The zero-order valence-corrected chi connectivity index (χ0v) is 50.2. The summed E-state index contributed by atoms with van der Waals surface area (Å²) in [5.41, 5.74) is 2.12. The van der Waals surface area contributed by atoms with Crippen molar-refractivity contribution in [3.63, 3.8) is 0 Å². The molecule has 0 bridgehead atoms. The zero-order chi connectivity index (χ0) is 52.9. The molecule has 0 aliphatic carbocycles. The predicted octanol–water partition coefficient (Wildman–Crippen LogP) is 23.5. The average Bonchev–Trinajstić information content (AvgIpc) is 3.41. The molecule has 0 N–H and O–H groups in total. The van der Waals surface area contributed by atoms with Gasteiger partial charge in [0.05, 0.1) is 26.9 Å². The first-order valence-corrected chi connectivity index (χ1v) is 33.0. The van der Waals surface area contributed by atoms with Crippen molar-refractivity contribution in [2.45, 2.75) is 343 Å². The van der Waals surface area contributed by atoms with Gasteiger partial charge in [-0.2, -0.15) is 0 Å². The number of hydrogen-bond acceptors (Lipinski definition) is 5. The molecular weight excluding hydrogens is 909 g/mol. The van der Waals surface area contributed by atoms with Crippen molar-refractivity contribution in [3.05, 3.63) is 41.5 Å². The number of aryl methyl sites for hydroxylation is 1. The molecule has 0 aromatic heterocycles. The lowest BCUT2D eigenvalue weighted by Crippen LogP contribution is -2.08. The van der Waals surface area contributed by atoms with Crippen LogP contribution in [-0.2, 0) is 6.61 Å². The van der Waals surface area contributed by atoms with E-state index in [1.54, 1.807) is 7.11 Å². The minimum atomic E-state index is 0.415. The number of benzene rings is 2. The van der Waals surface area contributed by atoms with E-state index in [4.69, 9.17) is 23.7 Å². The van der Waals surface area contributed by atoms with E-state index in [1.165, 1.54) is 289 Å². The molecule has 2 aromatic carbocycles. The van der Waals surface area contributed by atoms with E-state index >= 15 is 0 Å². The molecule has 0 fully saturated rings. The van der Waals surface area contributed by atoms with Gasteiger partial charge in [0.15, 0.2) is 11.5 Å². The van der Waals surface area contributed by atoms with Crippen LogP contribution in [0.25, 0.3) is 0 Å². The van der Waals surface area contributed by atoms with Crippen LogP contribution in [0, 0.1) is 6.92 Å². The largest absolute Gasteiger partial charge is 0.497 e. The number of hydrogen-bond donors (Lipinski definition) is 0. The number of rotatable bonds is 58. The highest BCUT2D eigenvalue weighted by atomic mass is 16.5. The minimum Gasteiger partial charge on any atom is -0.497 e. The van der Waals surface area contributed by atoms with Crippen LogP contribution in [-0.4, -0.2) is 26.9 Å². The second-order valence-electron chi connectivity index (χ2n) is 22.8. The monoisotopic (exact) mass is 1030 g/mol. The maximum Gasteiger partial charge on any atom is 0.203 e. The van der Waals surface area contributed by atoms with Gasteiger partial charge in [-0.1, -0.05) is 316 Å². The standard InChI is InChI=1S/C69H124O5/c1-6-9-12-15-18-21-24-27-30-33-36-39-42-45-48-51-56-71-67-59-64(62-74-66-61-65(70-5)55-54-63(66)4)60-68(72-57-52-49-46-43-40-37-34-31-28-25-22-19-16-13-10-7-2)69(67)73-58-53-50-47-44-41-38-35-32-29-26-23-20-17-14-11-8-3/h54-55,59-61H,6-53,56-58,62H2,1-5H3. The van der Waals surface area contributed by atoms with Gasteiger partial charge in [-0.25, -0.2) is 0 Å². The highest BCUT2D eigenvalue weighted by Gasteiger charge is 2.17. The van der Waals surface area contributed by atoms with E-state index in [0.717, 1.165) is 59.1 Å². The summed E-state index contributed by atoms with van der Waals surface area (Å²) in [7, 11) is 1.71. The number of methoxy groups -OCH3 is 1. The van der Waals surface area contributed by atoms with E-state index in [-0.39, 0.29) is 0 Å². The fourth-order valence-corrected chi connectivity index (χ4v) is 10.6. The summed E-state index contributed by atoms with van der Waals surface area (Å²) < 4.78 is 32.1. The van der Waals surface area contributed by atoms with Gasteiger partial charge in [-0.3, -0.25) is 0 Å². The summed E-state index contributed by atoms with van der Waals surface area (Å²) in [5.74, 6) is 4.01. The molecule has 430 valence electrons. The van der Waals surface area contributed by atoms with Crippen molar-refractivity contribution in [1.29, 1.82) is 0 Å². The van der Waals surface area contributed by atoms with Gasteiger partial charge >= 0.3 is 0 Å². The molecule has 0 radical (unpaired) electrons. The summed E-state index contributed by atoms with van der Waals surface area (Å²) >= 11 is 0. The smallest absolute Gasteiger partial charge is 0.203 e. The molecule has 0 unspecified atom stereocenters. The Labute approximate surface area is 461 Å². The molecule has 0 spiro atoms. The van der Waals surface area contributed by atoms with Gasteiger partial charge in [0.1, 0.15) is 18.1 Å². The Bertz CT molecular complexity index is 1410. The van der Waals surface area contributed by atoms with Gasteiger partial charge < -0.3 is 23.7 Å². The average molecular weight is 1030 g/mol. The summed E-state index contributed by atoms with van der Waals surface area (Å²) in [4.78, 5) is 0. The van der Waals surface area contributed by atoms with Gasteiger partial charge in [0.25, 0.3) is 0 Å². The Morgan fingerprint density at radius 1 is 0.284 bits per heavy atom. The highest BCUT2D eigenvalue weighted by Crippen LogP contribution is 2.40. The lowest BCUT2D eigenvalue weighted by molar-refractivity contribution is 0.232. The third-order valence-electron chi connectivity index (χ3n) is 15.6. The van der Waals surface area contributed by atoms with Crippen molar-refractivity contribution in [2.24, 2.45) is 0 Å². The van der Waals surface area contributed by atoms with Crippen LogP contribution in [0.1, 0.15) is 340 Å². The zero-order valence-electron chi connectivity index (χ0n) is 50.2. The first-order valence-electron chi connectivity index (χ1n) is 33.0. The van der Waals surface area contributed by atoms with Crippen LogP contribution in [0.2, 0.25) is 0 Å². The topological polar surface area (TPSA) is 46.2 Å². The molecule has 2 rings (SSSR count). The molecule has 0 aliphatic rings. The van der Waals surface area contributed by atoms with Crippen molar-refractivity contribution >= 4 is 0 Å². The Hall–Kier alpha value is -2.56. The molecule has 0 atom stereocenters. The SMILES string of the molecule is CCCCCCCCCCCCCCCCCCOc1cc(COc2cc(OC)ccc2C)cc(OCCCCCCCCCCCCCCCCCC)c1OCCCCCCCCCCCCCCCCCC. The van der Waals surface area contributed by atoms with Crippen molar-refractivity contribution in [2.75, 3.05) is 26.9 Å². The Kier molecular flexibility index (Phi) is 47.9. The van der Waals surface area contributed by atoms with E-state index in [2.05, 4.69) is 45.9 Å². The number of ether oxygens (including phenoxy) is 5. The molecule has 0 aliphatic heterocycles. The highest BCUT2D eigenvalue weighted by molar-refractivity contribution is 5.54. The maximum atomic E-state index is 6.71. The molecule has 5 heteroatoms. The first kappa shape index (κ1) is 67.5. The van der Waals surface area contributed by atoms with Crippen molar-refractivity contribution in [1.82, 2.24) is 0 Å². The second-order valence-corrected chi connectivity index (χ2v) is 22.8. The van der Waals surface area contributed by atoms with E-state index in [1.807, 2.05) is 12.1 Å². The normalized spacial score (nSPS) is 11.4. The molecule has 0 saturated heterocycles. The summed E-state index contributed by atoms with van der Waals surface area (Å²) in [5, 5.41) is 0. The van der Waals surface area contributed by atoms with Crippen LogP contribution in [0.5, 0.6) is 28.7 Å². The van der Waals surface area contributed by atoms with Crippen LogP contribution in [0.15, 0.2) is 30.3 Å². The molecular formula is C69H124O5. The van der Waals surface area contributed by atoms with Crippen LogP contribution in [0.3, 0.4) is 0 Å². The van der Waals surface area contributed by atoms with Crippen molar-refractivity contribution < 1.29 is 23.7 Å². The molecule has 2 aromatic rings. The van der Waals surface area contributed by atoms with Gasteiger partial charge in [-0.05, 0) is 55.5 Å². The maximum absolute atomic E-state index is 6.71. The summed E-state index contributed by atoms with van der Waals surface area (Å²) in [6.45, 7) is 11.5. The minimum absolute atomic E-state index is 0.415. The third-order valence-corrected chi connectivity index (χ3v) is 15.6. The lowest BCUT2D eigenvalue weighted by atomic mass is 10.0. The van der Waals surface area contributed by atoms with Crippen LogP contribution < -0.4 is 23.7 Å². The summed E-state index contributed by atoms with van der Waals surface area (Å²) in [6, 6.07) is 10.3. The van der Waals surface area contributed by atoms with Crippen molar-refractivity contribution in [3.8, 4) is 28.7 Å². The third kappa shape index (κ3) is 39.8. The first-order chi connectivity index (χ1) is 36.6. The van der Waals surface area contributed by atoms with Gasteiger partial charge in [-0.15, -0.1) is 0 Å². The van der Waals surface area contributed by atoms with Gasteiger partial charge in [0, 0.05) is 6.07 Å². The number of unbranched alkanes of at least 4 members (excludes halogenated alkanes) is 45. The Balaban J connectivity index is 1.91. The second kappa shape index (κ2) is 52.5. The Morgan fingerprint density at radius 3 is 0.838 bits per heavy atom. The molecule has 0 amide bonds. The van der Waals surface area contributed by atoms with E-state index in [9.17, 15) is 0 Å². The molecule has 74 heavy (non-hydrogen) atoms. The summed E-state index contributed by atoms with van der Waals surface area (Å²) in [6.07, 6.45) is 65.5. The van der Waals surface area contributed by atoms with E-state index in [0.29, 0.717) is 26.4 Å². The molecule has 0 heterocycles. The predicted molar refractivity (Wildman–Crippen MR) is 324 cm³/mol. The van der Waals surface area contributed by atoms with Crippen LogP contribution >= 0.6 is 0 Å². The fraction of sp³-hybridized carbons (Fsp3) is 0.826. The van der Waals surface area contributed by atoms with Crippen LogP contribution in [0.4, 0.5) is 0 Å². The molecule has 0 saturated carbocycles. The molecule has 5 nitrogen and oxygen atoms in total. The fourth-order valence-electron chi connectivity index (χ4n) is 10.6. The van der Waals surface area contributed by atoms with Gasteiger partial charge in [0.2, 0.25) is 5.75 Å². The Morgan fingerprint density at radius 2 is 0.554 bits per heavy atom. The lowest BCUT2D eigenvalue weighted by Gasteiger charge is -2.19. The quantitative estimate of drug-likeness (QED) is 0.0618.